The van der Waals surface area contributed by atoms with E-state index in [4.69, 9.17) is 5.73 Å². The second-order valence-electron chi connectivity index (χ2n) is 11.3. The van der Waals surface area contributed by atoms with E-state index in [9.17, 15) is 35.9 Å². The van der Waals surface area contributed by atoms with Gasteiger partial charge in [-0.2, -0.15) is 13.2 Å². The maximum Gasteiger partial charge on any atom is 0.422 e. The Morgan fingerprint density at radius 2 is 1.95 bits per heavy atom. The van der Waals surface area contributed by atoms with Gasteiger partial charge < -0.3 is 20.9 Å². The fourth-order valence-electron chi connectivity index (χ4n) is 4.49. The molecule has 0 radical (unpaired) electrons. The van der Waals surface area contributed by atoms with Crippen LogP contribution in [0.4, 0.5) is 17.6 Å². The number of allylic oxidation sites excluding steroid dienone is 1. The summed E-state index contributed by atoms with van der Waals surface area (Å²) in [6, 6.07) is 0.346. The number of hydrogen-bond donors (Lipinski definition) is 3. The first-order valence-corrected chi connectivity index (χ1v) is 14.8. The number of halogens is 4. The number of nitrogens with one attached hydrogen (secondary N) is 1. The summed E-state index contributed by atoms with van der Waals surface area (Å²) in [6.45, 7) is 4.99. The molecule has 3 rings (SSSR count). The van der Waals surface area contributed by atoms with E-state index < -0.39 is 57.4 Å². The molecule has 224 valence electrons. The second-order valence-corrected chi connectivity index (χ2v) is 13.6. The number of nitrogens with two attached hydrogens (primary N) is 1. The van der Waals surface area contributed by atoms with E-state index in [-0.39, 0.29) is 41.5 Å². The van der Waals surface area contributed by atoms with Crippen LogP contribution < -0.4 is 15.8 Å². The molecule has 0 unspecified atom stereocenters. The molecule has 0 bridgehead atoms. The smallest absolute Gasteiger partial charge is 0.422 e. The van der Waals surface area contributed by atoms with Crippen molar-refractivity contribution in [2.45, 2.75) is 83.2 Å². The van der Waals surface area contributed by atoms with Gasteiger partial charge in [-0.15, -0.1) is 0 Å². The Labute approximate surface area is 231 Å². The lowest BCUT2D eigenvalue weighted by Gasteiger charge is -2.37. The molecule has 1 aliphatic carbocycles. The molecule has 1 saturated carbocycles. The largest absolute Gasteiger partial charge is 0.468 e. The fourth-order valence-corrected chi connectivity index (χ4v) is 6.22. The van der Waals surface area contributed by atoms with Gasteiger partial charge in [0.1, 0.15) is 9.84 Å². The monoisotopic (exact) mass is 592 g/mol. The Morgan fingerprint density at radius 3 is 2.52 bits per heavy atom. The maximum absolute atomic E-state index is 14.7. The number of sulfone groups is 1. The minimum atomic E-state index is -4.62. The number of carbonyl (C=O) groups is 1. The highest BCUT2D eigenvalue weighted by Crippen LogP contribution is 2.34. The molecule has 4 N–H and O–H groups in total. The molecule has 1 aliphatic heterocycles. The van der Waals surface area contributed by atoms with Gasteiger partial charge in [0.2, 0.25) is 11.8 Å². The van der Waals surface area contributed by atoms with Gasteiger partial charge in [0, 0.05) is 40.9 Å². The number of pyridine rings is 1. The van der Waals surface area contributed by atoms with Crippen LogP contribution in [0.2, 0.25) is 0 Å². The van der Waals surface area contributed by atoms with Gasteiger partial charge >= 0.3 is 6.18 Å². The zero-order valence-corrected chi connectivity index (χ0v) is 23.8. The number of ether oxygens (including phenoxy) is 1. The number of aliphatic imine (C=N–C) groups is 1. The molecule has 0 spiro atoms. The molecule has 0 aromatic carbocycles. The third-order valence-electron chi connectivity index (χ3n) is 7.46. The number of rotatable bonds is 7. The summed E-state index contributed by atoms with van der Waals surface area (Å²) >= 11 is 0. The highest BCUT2D eigenvalue weighted by atomic mass is 32.2. The zero-order valence-electron chi connectivity index (χ0n) is 22.9. The zero-order chi connectivity index (χ0) is 30.1. The number of aromatic nitrogens is 1. The topological polar surface area (TPSA) is 144 Å². The van der Waals surface area contributed by atoms with Gasteiger partial charge in [0.15, 0.2) is 12.4 Å². The lowest BCUT2D eigenvalue weighted by molar-refractivity contribution is -0.154. The summed E-state index contributed by atoms with van der Waals surface area (Å²) in [5.74, 6) is -2.19. The molecule has 1 aromatic heterocycles. The molecule has 40 heavy (non-hydrogen) atoms. The van der Waals surface area contributed by atoms with Gasteiger partial charge in [-0.25, -0.2) is 17.8 Å². The summed E-state index contributed by atoms with van der Waals surface area (Å²) in [5.41, 5.74) is 4.91. The Hall–Kier alpha value is -2.74. The van der Waals surface area contributed by atoms with Crippen LogP contribution in [-0.4, -0.2) is 71.6 Å². The minimum absolute atomic E-state index is 0.0140. The van der Waals surface area contributed by atoms with Crippen molar-refractivity contribution in [3.8, 4) is 5.88 Å². The van der Waals surface area contributed by atoms with Crippen LogP contribution in [0, 0.1) is 11.7 Å². The molecule has 1 saturated heterocycles. The first-order chi connectivity index (χ1) is 18.3. The lowest BCUT2D eigenvalue weighted by atomic mass is 9.81. The summed E-state index contributed by atoms with van der Waals surface area (Å²) in [7, 11) is -3.13. The standard InChI is InChI=1S/C26H36F4N4O5S/c1-15(24(2,3)36)33-20-11-16(23(35)34-25(4)7-9-40(37,38)10-8-25)5-6-17(20)22(31)18-12-21(32-13-19(18)27)39-14-26(28,29)30/h12-13,15-16,36H,5-11,14,31H2,1-4H3,(H,34,35)/t15-,16-/m1/s1. The van der Waals surface area contributed by atoms with Gasteiger partial charge in [-0.3, -0.25) is 9.79 Å². The van der Waals surface area contributed by atoms with Crippen molar-refractivity contribution in [1.82, 2.24) is 10.3 Å². The number of nitrogens with zero attached hydrogens (tertiary/aromatic N) is 2. The average molecular weight is 593 g/mol. The molecule has 2 atom stereocenters. The average Bonchev–Trinajstić information content (AvgIpc) is 2.84. The van der Waals surface area contributed by atoms with E-state index >= 15 is 0 Å². The van der Waals surface area contributed by atoms with Crippen LogP contribution in [0.15, 0.2) is 22.8 Å². The summed E-state index contributed by atoms with van der Waals surface area (Å²) in [6.07, 6.45) is -2.68. The number of alkyl halides is 3. The van der Waals surface area contributed by atoms with E-state index in [1.165, 1.54) is 0 Å². The van der Waals surface area contributed by atoms with E-state index in [0.29, 0.717) is 30.5 Å². The lowest BCUT2D eigenvalue weighted by Crippen LogP contribution is -2.53. The third-order valence-corrected chi connectivity index (χ3v) is 9.11. The molecular weight excluding hydrogens is 556 g/mol. The van der Waals surface area contributed by atoms with E-state index in [1.54, 1.807) is 20.8 Å². The number of aliphatic hydroxyl groups is 1. The number of hydrogen-bond acceptors (Lipinski definition) is 8. The Morgan fingerprint density at radius 1 is 1.32 bits per heavy atom. The highest BCUT2D eigenvalue weighted by molar-refractivity contribution is 7.91. The number of amides is 1. The molecule has 2 fully saturated rings. The molecule has 1 aromatic rings. The Balaban J connectivity index is 1.91. The molecule has 2 heterocycles. The summed E-state index contributed by atoms with van der Waals surface area (Å²) < 4.78 is 80.9. The normalized spacial score (nSPS) is 24.3. The molecular formula is C26H36F4N4O5S. The van der Waals surface area contributed by atoms with Crippen molar-refractivity contribution in [3.63, 3.8) is 0 Å². The van der Waals surface area contributed by atoms with E-state index in [2.05, 4.69) is 20.0 Å². The van der Waals surface area contributed by atoms with Crippen molar-refractivity contribution < 1.29 is 40.6 Å². The van der Waals surface area contributed by atoms with Crippen LogP contribution in [-0.2, 0) is 14.6 Å². The van der Waals surface area contributed by atoms with Gasteiger partial charge in [-0.1, -0.05) is 0 Å². The quantitative estimate of drug-likeness (QED) is 0.412. The van der Waals surface area contributed by atoms with Gasteiger partial charge in [0.05, 0.1) is 29.3 Å². The van der Waals surface area contributed by atoms with Crippen LogP contribution in [0.5, 0.6) is 5.88 Å². The van der Waals surface area contributed by atoms with Crippen molar-refractivity contribution in [3.05, 3.63) is 29.2 Å². The summed E-state index contributed by atoms with van der Waals surface area (Å²) in [4.78, 5) is 21.4. The Kier molecular flexibility index (Phi) is 9.24. The fraction of sp³-hybridized carbons (Fsp3) is 0.654. The first kappa shape index (κ1) is 31.8. The Bertz CT molecular complexity index is 1270. The molecule has 1 amide bonds. The van der Waals surface area contributed by atoms with Crippen LogP contribution in [0.1, 0.15) is 65.4 Å². The second kappa shape index (κ2) is 11.6. The van der Waals surface area contributed by atoms with Crippen molar-refractivity contribution in [1.29, 1.82) is 0 Å². The van der Waals surface area contributed by atoms with E-state index in [1.807, 2.05) is 6.92 Å². The third kappa shape index (κ3) is 8.38. The maximum atomic E-state index is 14.7. The van der Waals surface area contributed by atoms with Crippen molar-refractivity contribution >= 4 is 27.2 Å². The van der Waals surface area contributed by atoms with Gasteiger partial charge in [-0.05, 0) is 59.0 Å². The molecule has 9 nitrogen and oxygen atoms in total. The van der Waals surface area contributed by atoms with E-state index in [0.717, 1.165) is 12.3 Å². The first-order valence-electron chi connectivity index (χ1n) is 12.9. The molecule has 14 heteroatoms. The van der Waals surface area contributed by atoms with Gasteiger partial charge in [0.25, 0.3) is 0 Å². The van der Waals surface area contributed by atoms with Crippen LogP contribution in [0.3, 0.4) is 0 Å². The predicted octanol–water partition coefficient (Wildman–Crippen LogP) is 3.32. The SMILES string of the molecule is C[C@@H](N=C1C[C@H](C(=O)NC2(C)CCS(=O)(=O)CC2)CCC1=C(N)c1cc(OCC(F)(F)F)ncc1F)C(C)(C)O. The number of carbonyl (C=O) groups excluding carboxylic acids is 1. The predicted molar refractivity (Wildman–Crippen MR) is 142 cm³/mol. The highest BCUT2D eigenvalue weighted by Gasteiger charge is 2.38. The summed E-state index contributed by atoms with van der Waals surface area (Å²) in [5, 5.41) is 13.5. The van der Waals surface area contributed by atoms with Crippen LogP contribution in [0.25, 0.3) is 5.70 Å². The minimum Gasteiger partial charge on any atom is -0.468 e. The molecule has 2 aliphatic rings. The van der Waals surface area contributed by atoms with Crippen molar-refractivity contribution in [2.75, 3.05) is 18.1 Å². The van der Waals surface area contributed by atoms with Crippen molar-refractivity contribution in [2.24, 2.45) is 16.6 Å². The van der Waals surface area contributed by atoms with Crippen LogP contribution >= 0.6 is 0 Å².